The first-order valence-corrected chi connectivity index (χ1v) is 7.19. The molecular formula is C16H16ClNO5. The molecule has 122 valence electrons. The van der Waals surface area contributed by atoms with Gasteiger partial charge in [-0.2, -0.15) is 0 Å². The number of hydrogen-bond acceptors (Lipinski definition) is 5. The zero-order valence-corrected chi connectivity index (χ0v) is 13.3. The van der Waals surface area contributed by atoms with Gasteiger partial charge in [-0.05, 0) is 30.7 Å². The van der Waals surface area contributed by atoms with E-state index in [0.29, 0.717) is 11.3 Å². The molecule has 0 amide bonds. The number of pyridine rings is 1. The summed E-state index contributed by atoms with van der Waals surface area (Å²) >= 11 is 5.91. The van der Waals surface area contributed by atoms with E-state index in [-0.39, 0.29) is 28.5 Å². The Balaban J connectivity index is 2.61. The topological polar surface area (TPSA) is 99.6 Å². The Kier molecular flexibility index (Phi) is 4.95. The van der Waals surface area contributed by atoms with Crippen LogP contribution in [-0.2, 0) is 9.53 Å². The van der Waals surface area contributed by atoms with Gasteiger partial charge in [0.25, 0.3) is 5.56 Å². The number of aromatic hydroxyl groups is 2. The predicted octanol–water partition coefficient (Wildman–Crippen LogP) is 2.44. The summed E-state index contributed by atoms with van der Waals surface area (Å²) < 4.78 is 4.67. The van der Waals surface area contributed by atoms with Crippen molar-refractivity contribution in [1.82, 2.24) is 4.98 Å². The molecule has 0 aliphatic heterocycles. The highest BCUT2D eigenvalue weighted by Crippen LogP contribution is 2.35. The zero-order chi connectivity index (χ0) is 17.1. The van der Waals surface area contributed by atoms with Crippen molar-refractivity contribution in [2.45, 2.75) is 19.3 Å². The number of H-pyrrole nitrogens is 1. The molecule has 0 radical (unpaired) electrons. The quantitative estimate of drug-likeness (QED) is 0.744. The first-order chi connectivity index (χ1) is 10.8. The molecule has 2 rings (SSSR count). The lowest BCUT2D eigenvalue weighted by molar-refractivity contribution is -0.140. The third kappa shape index (κ3) is 3.65. The van der Waals surface area contributed by atoms with Gasteiger partial charge in [0.2, 0.25) is 0 Å². The van der Waals surface area contributed by atoms with Crippen LogP contribution >= 0.6 is 11.6 Å². The number of phenolic OH excluding ortho intramolecular Hbond substituents is 1. The average Bonchev–Trinajstić information content (AvgIpc) is 2.47. The van der Waals surface area contributed by atoms with Crippen molar-refractivity contribution < 1.29 is 19.7 Å². The molecule has 0 fully saturated rings. The number of hydrogen-bond donors (Lipinski definition) is 3. The van der Waals surface area contributed by atoms with Crippen molar-refractivity contribution in [1.29, 1.82) is 0 Å². The fourth-order valence-corrected chi connectivity index (χ4v) is 2.58. The standard InChI is InChI=1S/C16H16ClNO5/c1-8-5-13(20)15(16(22)18-8)10(7-14(21)23-2)9-3-4-12(19)11(17)6-9/h3-6,10,19H,7H2,1-2H3,(H2,18,20,22)/t10-/m0/s1. The van der Waals surface area contributed by atoms with Crippen LogP contribution in [-0.4, -0.2) is 28.3 Å². The Bertz CT molecular complexity index is 800. The molecule has 0 aliphatic rings. The number of esters is 1. The summed E-state index contributed by atoms with van der Waals surface area (Å²) in [6.45, 7) is 1.64. The van der Waals surface area contributed by atoms with Gasteiger partial charge in [0.05, 0.1) is 24.1 Å². The molecule has 0 saturated heterocycles. The molecule has 2 aromatic rings. The van der Waals surface area contributed by atoms with Gasteiger partial charge in [0.15, 0.2) is 0 Å². The molecule has 23 heavy (non-hydrogen) atoms. The number of carbonyl (C=O) groups is 1. The molecule has 1 aromatic carbocycles. The number of nitrogens with one attached hydrogen (secondary N) is 1. The Morgan fingerprint density at radius 2 is 2.00 bits per heavy atom. The smallest absolute Gasteiger partial charge is 0.306 e. The fraction of sp³-hybridized carbons (Fsp3) is 0.250. The van der Waals surface area contributed by atoms with Gasteiger partial charge in [-0.15, -0.1) is 0 Å². The number of aromatic amines is 1. The minimum absolute atomic E-state index is 0.0442. The summed E-state index contributed by atoms with van der Waals surface area (Å²) in [5.74, 6) is -1.64. The lowest BCUT2D eigenvalue weighted by Crippen LogP contribution is -2.20. The summed E-state index contributed by atoms with van der Waals surface area (Å²) in [6.07, 6.45) is -0.155. The molecular weight excluding hydrogens is 322 g/mol. The third-order valence-electron chi connectivity index (χ3n) is 3.51. The Morgan fingerprint density at radius 1 is 1.30 bits per heavy atom. The van der Waals surface area contributed by atoms with Gasteiger partial charge >= 0.3 is 5.97 Å². The lowest BCUT2D eigenvalue weighted by Gasteiger charge is -2.18. The molecule has 6 nitrogen and oxygen atoms in total. The Morgan fingerprint density at radius 3 is 2.57 bits per heavy atom. The molecule has 3 N–H and O–H groups in total. The van der Waals surface area contributed by atoms with E-state index in [1.165, 1.54) is 31.4 Å². The molecule has 0 aliphatic carbocycles. The summed E-state index contributed by atoms with van der Waals surface area (Å²) in [5.41, 5.74) is 0.544. The van der Waals surface area contributed by atoms with Crippen LogP contribution in [0.25, 0.3) is 0 Å². The van der Waals surface area contributed by atoms with Gasteiger partial charge in [-0.1, -0.05) is 17.7 Å². The molecule has 0 bridgehead atoms. The summed E-state index contributed by atoms with van der Waals surface area (Å²) in [6, 6.07) is 5.75. The molecule has 1 heterocycles. The maximum Gasteiger partial charge on any atom is 0.306 e. The van der Waals surface area contributed by atoms with Gasteiger partial charge in [-0.3, -0.25) is 9.59 Å². The van der Waals surface area contributed by atoms with Crippen LogP contribution in [0.2, 0.25) is 5.02 Å². The van der Waals surface area contributed by atoms with E-state index in [9.17, 15) is 19.8 Å². The lowest BCUT2D eigenvalue weighted by atomic mass is 9.88. The van der Waals surface area contributed by atoms with Crippen LogP contribution in [0, 0.1) is 6.92 Å². The zero-order valence-electron chi connectivity index (χ0n) is 12.6. The number of aromatic nitrogens is 1. The number of benzene rings is 1. The third-order valence-corrected chi connectivity index (χ3v) is 3.81. The number of phenols is 1. The number of methoxy groups -OCH3 is 1. The molecule has 0 spiro atoms. The molecule has 0 unspecified atom stereocenters. The first kappa shape index (κ1) is 16.9. The fourth-order valence-electron chi connectivity index (χ4n) is 2.39. The number of ether oxygens (including phenoxy) is 1. The van der Waals surface area contributed by atoms with Crippen LogP contribution < -0.4 is 5.56 Å². The summed E-state index contributed by atoms with van der Waals surface area (Å²) in [5, 5.41) is 19.8. The van der Waals surface area contributed by atoms with E-state index in [1.807, 2.05) is 0 Å². The van der Waals surface area contributed by atoms with Gasteiger partial charge in [-0.25, -0.2) is 0 Å². The van der Waals surface area contributed by atoms with E-state index in [4.69, 9.17) is 11.6 Å². The van der Waals surface area contributed by atoms with Crippen molar-refractivity contribution in [3.8, 4) is 11.5 Å². The van der Waals surface area contributed by atoms with Crippen molar-refractivity contribution in [2.24, 2.45) is 0 Å². The minimum Gasteiger partial charge on any atom is -0.507 e. The Labute approximate surface area is 137 Å². The van der Waals surface area contributed by atoms with E-state index in [0.717, 1.165) is 0 Å². The van der Waals surface area contributed by atoms with E-state index < -0.39 is 17.4 Å². The van der Waals surface area contributed by atoms with Crippen molar-refractivity contribution in [3.05, 3.63) is 56.5 Å². The van der Waals surface area contributed by atoms with Crippen LogP contribution in [0.1, 0.15) is 29.2 Å². The molecule has 1 atom stereocenters. The second-order valence-corrected chi connectivity index (χ2v) is 5.53. The maximum absolute atomic E-state index is 12.2. The first-order valence-electron chi connectivity index (χ1n) is 6.81. The average molecular weight is 338 g/mol. The van der Waals surface area contributed by atoms with Crippen molar-refractivity contribution >= 4 is 17.6 Å². The predicted molar refractivity (Wildman–Crippen MR) is 85.1 cm³/mol. The van der Waals surface area contributed by atoms with E-state index in [1.54, 1.807) is 6.92 Å². The van der Waals surface area contributed by atoms with Crippen molar-refractivity contribution in [3.63, 3.8) is 0 Å². The van der Waals surface area contributed by atoms with Gasteiger partial charge in [0.1, 0.15) is 11.5 Å². The van der Waals surface area contributed by atoms with Crippen LogP contribution in [0.5, 0.6) is 11.5 Å². The SMILES string of the molecule is COC(=O)C[C@@H](c1ccc(O)c(Cl)c1)c1c(O)cc(C)[nH]c1=O. The molecule has 0 saturated carbocycles. The monoisotopic (exact) mass is 337 g/mol. The van der Waals surface area contributed by atoms with Crippen LogP contribution in [0.3, 0.4) is 0 Å². The normalized spacial score (nSPS) is 12.0. The van der Waals surface area contributed by atoms with Crippen LogP contribution in [0.15, 0.2) is 29.1 Å². The maximum atomic E-state index is 12.2. The number of rotatable bonds is 4. The van der Waals surface area contributed by atoms with E-state index in [2.05, 4.69) is 9.72 Å². The summed E-state index contributed by atoms with van der Waals surface area (Å²) in [4.78, 5) is 26.6. The number of carbonyl (C=O) groups excluding carboxylic acids is 1. The molecule has 7 heteroatoms. The molecule has 1 aromatic heterocycles. The van der Waals surface area contributed by atoms with Crippen LogP contribution in [0.4, 0.5) is 0 Å². The number of aryl methyl sites for hydroxylation is 1. The second kappa shape index (κ2) is 6.75. The summed E-state index contributed by atoms with van der Waals surface area (Å²) in [7, 11) is 1.24. The highest BCUT2D eigenvalue weighted by molar-refractivity contribution is 6.32. The highest BCUT2D eigenvalue weighted by Gasteiger charge is 2.25. The Hall–Kier alpha value is -2.47. The van der Waals surface area contributed by atoms with Crippen molar-refractivity contribution in [2.75, 3.05) is 7.11 Å². The van der Waals surface area contributed by atoms with Gasteiger partial charge < -0.3 is 19.9 Å². The number of halogens is 1. The largest absolute Gasteiger partial charge is 0.507 e. The van der Waals surface area contributed by atoms with E-state index >= 15 is 0 Å². The second-order valence-electron chi connectivity index (χ2n) is 5.12. The highest BCUT2D eigenvalue weighted by atomic mass is 35.5. The minimum atomic E-state index is -0.759. The van der Waals surface area contributed by atoms with Gasteiger partial charge in [0, 0.05) is 11.6 Å².